The van der Waals surface area contributed by atoms with Gasteiger partial charge in [-0.15, -0.1) is 0 Å². The van der Waals surface area contributed by atoms with E-state index in [2.05, 4.69) is 154 Å². The molecule has 0 spiro atoms. The van der Waals surface area contributed by atoms with Crippen molar-refractivity contribution in [2.24, 2.45) is 0 Å². The van der Waals surface area contributed by atoms with Crippen LogP contribution in [0.5, 0.6) is 0 Å². The van der Waals surface area contributed by atoms with Crippen LogP contribution >= 0.6 is 0 Å². The topological polar surface area (TPSA) is 78.9 Å². The molecule has 0 saturated heterocycles. The van der Waals surface area contributed by atoms with E-state index in [9.17, 15) is 14.4 Å². The van der Waals surface area contributed by atoms with Crippen molar-refractivity contribution >= 4 is 17.9 Å². The molecule has 0 aliphatic heterocycles. The largest absolute Gasteiger partial charge is 0.462 e. The summed E-state index contributed by atoms with van der Waals surface area (Å²) in [6, 6.07) is 0. The summed E-state index contributed by atoms with van der Waals surface area (Å²) in [5.74, 6) is -0.921. The minimum absolute atomic E-state index is 0.0902. The van der Waals surface area contributed by atoms with Gasteiger partial charge < -0.3 is 14.2 Å². The molecule has 0 aliphatic carbocycles. The first-order chi connectivity index (χ1) is 39.5. The van der Waals surface area contributed by atoms with Crippen molar-refractivity contribution in [2.45, 2.75) is 303 Å². The van der Waals surface area contributed by atoms with Crippen molar-refractivity contribution in [2.75, 3.05) is 13.2 Å². The predicted octanol–water partition coefficient (Wildman–Crippen LogP) is 22.9. The highest BCUT2D eigenvalue weighted by Crippen LogP contribution is 2.16. The second-order valence-electron chi connectivity index (χ2n) is 21.6. The third kappa shape index (κ3) is 64.4. The molecule has 0 aliphatic rings. The van der Waals surface area contributed by atoms with Crippen LogP contribution in [0.4, 0.5) is 0 Å². The van der Waals surface area contributed by atoms with Gasteiger partial charge in [-0.05, 0) is 116 Å². The molecule has 0 radical (unpaired) electrons. The second-order valence-corrected chi connectivity index (χ2v) is 21.6. The number of unbranched alkanes of at least 4 members (excludes halogenated alkanes) is 26. The Balaban J connectivity index is 4.38. The molecule has 6 nitrogen and oxygen atoms in total. The summed E-state index contributed by atoms with van der Waals surface area (Å²) in [4.78, 5) is 38.3. The van der Waals surface area contributed by atoms with Crippen LogP contribution in [-0.2, 0) is 28.6 Å². The van der Waals surface area contributed by atoms with Crippen LogP contribution in [0, 0.1) is 0 Å². The maximum Gasteiger partial charge on any atom is 0.306 e. The Bertz CT molecular complexity index is 1700. The summed E-state index contributed by atoms with van der Waals surface area (Å²) in [6.07, 6.45) is 94.6. The first-order valence-electron chi connectivity index (χ1n) is 33.2. The zero-order valence-electron chi connectivity index (χ0n) is 52.0. The lowest BCUT2D eigenvalue weighted by Gasteiger charge is -2.18. The Hall–Kier alpha value is -4.45. The molecule has 0 rings (SSSR count). The normalized spacial score (nSPS) is 13.0. The molecule has 0 heterocycles. The molecule has 0 aromatic rings. The van der Waals surface area contributed by atoms with Crippen molar-refractivity contribution in [3.05, 3.63) is 134 Å². The number of hydrogen-bond donors (Lipinski definition) is 0. The van der Waals surface area contributed by atoms with E-state index in [1.807, 2.05) is 0 Å². The van der Waals surface area contributed by atoms with Crippen LogP contribution < -0.4 is 0 Å². The van der Waals surface area contributed by atoms with Crippen molar-refractivity contribution in [3.63, 3.8) is 0 Å². The molecule has 1 atom stereocenters. The van der Waals surface area contributed by atoms with Gasteiger partial charge in [-0.2, -0.15) is 0 Å². The SMILES string of the molecule is CC/C=C\C/C=C\C/C=C\C/C=C\C/C=C\C/C=C\C/C=C\CCCCCC(=O)OCC(COC(=O)CCCCCCCCCCCCCC)OC(=O)CCCCCCCCCCCCCC/C=C\C/C=C\C/C=C\C/C=C\CC. The number of hydrogen-bond acceptors (Lipinski definition) is 6. The Morgan fingerprint density at radius 1 is 0.263 bits per heavy atom. The van der Waals surface area contributed by atoms with Crippen LogP contribution in [0.2, 0.25) is 0 Å². The van der Waals surface area contributed by atoms with Crippen molar-refractivity contribution in [1.29, 1.82) is 0 Å². The van der Waals surface area contributed by atoms with E-state index < -0.39 is 6.10 Å². The predicted molar refractivity (Wildman–Crippen MR) is 348 cm³/mol. The quantitative estimate of drug-likeness (QED) is 0.0261. The molecule has 1 unspecified atom stereocenters. The fraction of sp³-hybridized carbons (Fsp3) is 0.662. The number of esters is 3. The Morgan fingerprint density at radius 2 is 0.487 bits per heavy atom. The van der Waals surface area contributed by atoms with Gasteiger partial charge >= 0.3 is 17.9 Å². The molecule has 0 bridgehead atoms. The first-order valence-corrected chi connectivity index (χ1v) is 33.2. The van der Waals surface area contributed by atoms with E-state index in [0.29, 0.717) is 19.3 Å². The molecule has 0 fully saturated rings. The average molecular weight is 1110 g/mol. The summed E-state index contributed by atoms with van der Waals surface area (Å²) >= 11 is 0. The summed E-state index contributed by atoms with van der Waals surface area (Å²) < 4.78 is 16.9. The number of allylic oxidation sites excluding steroid dienone is 22. The monoisotopic (exact) mass is 1110 g/mol. The molecular formula is C74H122O6. The zero-order chi connectivity index (χ0) is 57.8. The highest BCUT2D eigenvalue weighted by molar-refractivity contribution is 5.71. The highest BCUT2D eigenvalue weighted by atomic mass is 16.6. The Labute approximate surface area is 494 Å². The third-order valence-corrected chi connectivity index (χ3v) is 13.9. The van der Waals surface area contributed by atoms with Crippen LogP contribution in [0.3, 0.4) is 0 Å². The van der Waals surface area contributed by atoms with Gasteiger partial charge in [-0.25, -0.2) is 0 Å². The van der Waals surface area contributed by atoms with E-state index in [1.165, 1.54) is 122 Å². The third-order valence-electron chi connectivity index (χ3n) is 13.9. The molecule has 0 amide bonds. The number of carbonyl (C=O) groups excluding carboxylic acids is 3. The molecular weight excluding hydrogens is 985 g/mol. The van der Waals surface area contributed by atoms with Gasteiger partial charge in [0.25, 0.3) is 0 Å². The van der Waals surface area contributed by atoms with Gasteiger partial charge in [-0.1, -0.05) is 296 Å². The summed E-state index contributed by atoms with van der Waals surface area (Å²) in [5, 5.41) is 0. The fourth-order valence-corrected chi connectivity index (χ4v) is 9.00. The maximum absolute atomic E-state index is 12.9. The Kier molecular flexibility index (Phi) is 63.3. The van der Waals surface area contributed by atoms with Crippen LogP contribution in [0.1, 0.15) is 297 Å². The lowest BCUT2D eigenvalue weighted by molar-refractivity contribution is -0.167. The van der Waals surface area contributed by atoms with Crippen molar-refractivity contribution in [1.82, 2.24) is 0 Å². The molecule has 0 aromatic heterocycles. The van der Waals surface area contributed by atoms with Crippen LogP contribution in [-0.4, -0.2) is 37.2 Å². The first kappa shape index (κ1) is 75.5. The molecule has 0 saturated carbocycles. The molecule has 6 heteroatoms. The van der Waals surface area contributed by atoms with Gasteiger partial charge in [0.2, 0.25) is 0 Å². The molecule has 454 valence electrons. The molecule has 80 heavy (non-hydrogen) atoms. The van der Waals surface area contributed by atoms with Gasteiger partial charge in [0.05, 0.1) is 0 Å². The fourth-order valence-electron chi connectivity index (χ4n) is 9.00. The molecule has 0 N–H and O–H groups in total. The zero-order valence-corrected chi connectivity index (χ0v) is 52.0. The number of ether oxygens (including phenoxy) is 3. The van der Waals surface area contributed by atoms with Gasteiger partial charge in [0.1, 0.15) is 13.2 Å². The molecule has 0 aromatic carbocycles. The van der Waals surface area contributed by atoms with Gasteiger partial charge in [0.15, 0.2) is 6.10 Å². The van der Waals surface area contributed by atoms with E-state index in [0.717, 1.165) is 135 Å². The Morgan fingerprint density at radius 3 is 0.775 bits per heavy atom. The number of carbonyl (C=O) groups is 3. The van der Waals surface area contributed by atoms with Crippen molar-refractivity contribution < 1.29 is 28.6 Å². The highest BCUT2D eigenvalue weighted by Gasteiger charge is 2.19. The van der Waals surface area contributed by atoms with Crippen LogP contribution in [0.15, 0.2) is 134 Å². The maximum atomic E-state index is 12.9. The summed E-state index contributed by atoms with van der Waals surface area (Å²) in [7, 11) is 0. The lowest BCUT2D eigenvalue weighted by atomic mass is 10.0. The standard InChI is InChI=1S/C74H122O6/c1-4-7-10-13-16-19-22-25-27-29-31-33-35-37-39-41-43-45-47-49-52-55-58-61-64-67-73(76)79-70-71(69-78-72(75)66-63-60-57-54-51-24-21-18-15-12-9-6-3)80-74(77)68-65-62-59-56-53-50-48-46-44-42-40-38-36-34-32-30-28-26-23-20-17-14-11-8-5-2/h7-8,10-11,16-17,19-20,25-28,31-34,37,39,43,45,49,52,71H,4-6,9,12-15,18,21-24,29-30,35-36,38,40-42,44,46-48,50-51,53-70H2,1-3H3/b10-7-,11-8-,19-16-,20-17-,27-25-,28-26-,33-31-,34-32-,39-37-,45-43-,52-49-. The lowest BCUT2D eigenvalue weighted by Crippen LogP contribution is -2.30. The summed E-state index contributed by atoms with van der Waals surface area (Å²) in [5.41, 5.74) is 0. The average Bonchev–Trinajstić information content (AvgIpc) is 3.46. The minimum Gasteiger partial charge on any atom is -0.462 e. The van der Waals surface area contributed by atoms with Crippen LogP contribution in [0.25, 0.3) is 0 Å². The summed E-state index contributed by atoms with van der Waals surface area (Å²) in [6.45, 7) is 6.40. The van der Waals surface area contributed by atoms with E-state index in [-0.39, 0.29) is 31.1 Å². The second kappa shape index (κ2) is 67.1. The van der Waals surface area contributed by atoms with E-state index in [4.69, 9.17) is 14.2 Å². The number of rotatable bonds is 59. The van der Waals surface area contributed by atoms with Crippen molar-refractivity contribution in [3.8, 4) is 0 Å². The van der Waals surface area contributed by atoms with E-state index >= 15 is 0 Å². The smallest absolute Gasteiger partial charge is 0.306 e. The van der Waals surface area contributed by atoms with Gasteiger partial charge in [0, 0.05) is 19.3 Å². The minimum atomic E-state index is -0.797. The van der Waals surface area contributed by atoms with Gasteiger partial charge in [-0.3, -0.25) is 14.4 Å². The van der Waals surface area contributed by atoms with E-state index in [1.54, 1.807) is 0 Å².